The summed E-state index contributed by atoms with van der Waals surface area (Å²) >= 11 is 0. The number of methoxy groups -OCH3 is 1. The van der Waals surface area contributed by atoms with Crippen molar-refractivity contribution in [3.8, 4) is 17.0 Å². The number of hydrogen-bond acceptors (Lipinski definition) is 5. The summed E-state index contributed by atoms with van der Waals surface area (Å²) in [6.07, 6.45) is 4.10. The Kier molecular flexibility index (Phi) is 5.40. The molecule has 2 heterocycles. The minimum absolute atomic E-state index is 0.164. The summed E-state index contributed by atoms with van der Waals surface area (Å²) in [6, 6.07) is 5.53. The van der Waals surface area contributed by atoms with Crippen molar-refractivity contribution in [2.45, 2.75) is 19.3 Å². The molecule has 1 aromatic carbocycles. The Labute approximate surface area is 150 Å². The Balaban J connectivity index is 1.78. The molecule has 7 nitrogen and oxygen atoms in total. The summed E-state index contributed by atoms with van der Waals surface area (Å²) < 4.78 is 18.8. The Morgan fingerprint density at radius 3 is 2.65 bits per heavy atom. The molecule has 136 valence electrons. The average Bonchev–Trinajstić information content (AvgIpc) is 2.68. The van der Waals surface area contributed by atoms with E-state index in [1.807, 2.05) is 0 Å². The largest absolute Gasteiger partial charge is 0.496 e. The van der Waals surface area contributed by atoms with Crippen LogP contribution in [0.3, 0.4) is 0 Å². The highest BCUT2D eigenvalue weighted by Crippen LogP contribution is 2.29. The Hall–Kier alpha value is -3.03. The van der Waals surface area contributed by atoms with Gasteiger partial charge in [-0.3, -0.25) is 9.59 Å². The maximum atomic E-state index is 13.6. The number of likely N-dealkylation sites (tertiary alicyclic amines) is 1. The van der Waals surface area contributed by atoms with Gasteiger partial charge in [-0.2, -0.15) is 0 Å². The van der Waals surface area contributed by atoms with Crippen LogP contribution < -0.4 is 10.1 Å². The van der Waals surface area contributed by atoms with Gasteiger partial charge in [0.1, 0.15) is 23.7 Å². The van der Waals surface area contributed by atoms with E-state index in [0.717, 1.165) is 19.3 Å². The molecule has 0 radical (unpaired) electrons. The summed E-state index contributed by atoms with van der Waals surface area (Å²) in [5.41, 5.74) is 0.796. The van der Waals surface area contributed by atoms with E-state index in [-0.39, 0.29) is 5.82 Å². The van der Waals surface area contributed by atoms with E-state index in [2.05, 4.69) is 15.3 Å². The monoisotopic (exact) mass is 358 g/mol. The van der Waals surface area contributed by atoms with Crippen molar-refractivity contribution < 1.29 is 18.7 Å². The van der Waals surface area contributed by atoms with Gasteiger partial charge in [-0.25, -0.2) is 14.4 Å². The number of anilines is 1. The molecule has 2 amide bonds. The van der Waals surface area contributed by atoms with Crippen LogP contribution in [-0.2, 0) is 9.59 Å². The smallest absolute Gasteiger partial charge is 0.315 e. The number of carbonyl (C=O) groups excluding carboxylic acids is 2. The molecule has 1 aromatic heterocycles. The van der Waals surface area contributed by atoms with Crippen LogP contribution in [0.25, 0.3) is 11.3 Å². The van der Waals surface area contributed by atoms with Crippen LogP contribution in [0, 0.1) is 5.82 Å². The molecule has 1 fully saturated rings. The zero-order valence-electron chi connectivity index (χ0n) is 14.4. The topological polar surface area (TPSA) is 84.4 Å². The average molecular weight is 358 g/mol. The van der Waals surface area contributed by atoms with Crippen LogP contribution in [0.5, 0.6) is 5.75 Å². The van der Waals surface area contributed by atoms with Crippen LogP contribution >= 0.6 is 0 Å². The number of hydrogen-bond donors (Lipinski definition) is 1. The molecule has 26 heavy (non-hydrogen) atoms. The molecule has 1 aliphatic rings. The summed E-state index contributed by atoms with van der Waals surface area (Å²) in [4.78, 5) is 34.0. The first-order valence-electron chi connectivity index (χ1n) is 8.34. The highest BCUT2D eigenvalue weighted by Gasteiger charge is 2.23. The van der Waals surface area contributed by atoms with Gasteiger partial charge in [-0.1, -0.05) is 0 Å². The van der Waals surface area contributed by atoms with E-state index < -0.39 is 17.6 Å². The second kappa shape index (κ2) is 7.90. The van der Waals surface area contributed by atoms with Gasteiger partial charge in [0, 0.05) is 24.7 Å². The third-order valence-corrected chi connectivity index (χ3v) is 4.18. The van der Waals surface area contributed by atoms with E-state index in [1.165, 1.54) is 42.6 Å². The normalized spacial score (nSPS) is 14.0. The fraction of sp³-hybridized carbons (Fsp3) is 0.333. The van der Waals surface area contributed by atoms with Crippen molar-refractivity contribution in [1.82, 2.24) is 14.9 Å². The summed E-state index contributed by atoms with van der Waals surface area (Å²) in [6.45, 7) is 1.17. The standard InChI is InChI=1S/C18H19FN4O3/c1-26-15-6-5-12(19)9-13(15)14-10-16(21-11-20-14)22-17(24)18(25)23-7-3-2-4-8-23/h5-6,9-11H,2-4,7-8H2,1H3,(H,20,21,22,24). The van der Waals surface area contributed by atoms with Gasteiger partial charge >= 0.3 is 11.8 Å². The molecule has 0 bridgehead atoms. The van der Waals surface area contributed by atoms with E-state index in [0.29, 0.717) is 30.1 Å². The van der Waals surface area contributed by atoms with Gasteiger partial charge in [0.15, 0.2) is 0 Å². The Bertz CT molecular complexity index is 822. The van der Waals surface area contributed by atoms with Crippen molar-refractivity contribution in [1.29, 1.82) is 0 Å². The van der Waals surface area contributed by atoms with Gasteiger partial charge in [0.05, 0.1) is 12.8 Å². The fourth-order valence-corrected chi connectivity index (χ4v) is 2.86. The number of ether oxygens (including phenoxy) is 1. The number of nitrogens with zero attached hydrogens (tertiary/aromatic N) is 3. The molecule has 0 atom stereocenters. The van der Waals surface area contributed by atoms with Gasteiger partial charge in [0.25, 0.3) is 0 Å². The lowest BCUT2D eigenvalue weighted by atomic mass is 10.1. The van der Waals surface area contributed by atoms with Crippen LogP contribution in [0.1, 0.15) is 19.3 Å². The number of rotatable bonds is 3. The van der Waals surface area contributed by atoms with Crippen LogP contribution in [-0.4, -0.2) is 46.9 Å². The van der Waals surface area contributed by atoms with E-state index in [9.17, 15) is 14.0 Å². The molecule has 0 saturated carbocycles. The predicted molar refractivity (Wildman–Crippen MR) is 93.0 cm³/mol. The first-order valence-corrected chi connectivity index (χ1v) is 8.34. The third kappa shape index (κ3) is 3.96. The van der Waals surface area contributed by atoms with E-state index in [1.54, 1.807) is 0 Å². The van der Waals surface area contributed by atoms with Crippen molar-refractivity contribution in [3.63, 3.8) is 0 Å². The number of carbonyl (C=O) groups is 2. The summed E-state index contributed by atoms with van der Waals surface area (Å²) in [5.74, 6) is -1.16. The van der Waals surface area contributed by atoms with Gasteiger partial charge < -0.3 is 15.0 Å². The van der Waals surface area contributed by atoms with Gasteiger partial charge in [0.2, 0.25) is 0 Å². The first kappa shape index (κ1) is 17.8. The molecule has 0 unspecified atom stereocenters. The molecular weight excluding hydrogens is 339 g/mol. The van der Waals surface area contributed by atoms with Gasteiger partial charge in [-0.05, 0) is 37.5 Å². The molecule has 1 saturated heterocycles. The molecule has 0 aliphatic carbocycles. The van der Waals surface area contributed by atoms with Crippen LogP contribution in [0.2, 0.25) is 0 Å². The maximum Gasteiger partial charge on any atom is 0.315 e. The molecular formula is C18H19FN4O3. The molecule has 2 aromatic rings. The number of nitrogens with one attached hydrogen (secondary N) is 1. The lowest BCUT2D eigenvalue weighted by Crippen LogP contribution is -2.42. The van der Waals surface area contributed by atoms with Crippen molar-refractivity contribution in [3.05, 3.63) is 36.4 Å². The predicted octanol–water partition coefficient (Wildman–Crippen LogP) is 2.24. The van der Waals surface area contributed by atoms with Crippen LogP contribution in [0.4, 0.5) is 10.2 Å². The molecule has 8 heteroatoms. The third-order valence-electron chi connectivity index (χ3n) is 4.18. The quantitative estimate of drug-likeness (QED) is 0.851. The summed E-state index contributed by atoms with van der Waals surface area (Å²) in [7, 11) is 1.47. The number of piperidine rings is 1. The first-order chi connectivity index (χ1) is 12.6. The zero-order chi connectivity index (χ0) is 18.5. The highest BCUT2D eigenvalue weighted by atomic mass is 19.1. The second-order valence-corrected chi connectivity index (χ2v) is 5.94. The highest BCUT2D eigenvalue weighted by molar-refractivity contribution is 6.39. The summed E-state index contributed by atoms with van der Waals surface area (Å²) in [5, 5.41) is 2.49. The minimum atomic E-state index is -0.747. The van der Waals surface area contributed by atoms with Gasteiger partial charge in [-0.15, -0.1) is 0 Å². The van der Waals surface area contributed by atoms with E-state index in [4.69, 9.17) is 4.74 Å². The van der Waals surface area contributed by atoms with Crippen molar-refractivity contribution in [2.75, 3.05) is 25.5 Å². The number of aromatic nitrogens is 2. The minimum Gasteiger partial charge on any atom is -0.496 e. The SMILES string of the molecule is COc1ccc(F)cc1-c1cc(NC(=O)C(=O)N2CCCCC2)ncn1. The van der Waals surface area contributed by atoms with Crippen LogP contribution in [0.15, 0.2) is 30.6 Å². The Morgan fingerprint density at radius 1 is 1.15 bits per heavy atom. The number of halogens is 1. The van der Waals surface area contributed by atoms with Crippen molar-refractivity contribution >= 4 is 17.6 Å². The lowest BCUT2D eigenvalue weighted by molar-refractivity contribution is -0.143. The van der Waals surface area contributed by atoms with Crippen molar-refractivity contribution in [2.24, 2.45) is 0 Å². The molecule has 0 spiro atoms. The number of benzene rings is 1. The fourth-order valence-electron chi connectivity index (χ4n) is 2.86. The second-order valence-electron chi connectivity index (χ2n) is 5.94. The molecule has 1 aliphatic heterocycles. The number of amides is 2. The Morgan fingerprint density at radius 2 is 1.92 bits per heavy atom. The zero-order valence-corrected chi connectivity index (χ0v) is 14.4. The molecule has 1 N–H and O–H groups in total. The van der Waals surface area contributed by atoms with E-state index >= 15 is 0 Å². The maximum absolute atomic E-state index is 13.6. The lowest BCUT2D eigenvalue weighted by Gasteiger charge is -2.25. The molecule has 3 rings (SSSR count).